The molecule has 0 bridgehead atoms. The normalized spacial score (nSPS) is 13.9. The third kappa shape index (κ3) is 5.55. The summed E-state index contributed by atoms with van der Waals surface area (Å²) >= 11 is 19.2. The molecule has 1 N–H and O–H groups in total. The van der Waals surface area contributed by atoms with Gasteiger partial charge in [-0.2, -0.15) is 0 Å². The molecule has 184 valence electrons. The van der Waals surface area contributed by atoms with Crippen LogP contribution in [-0.4, -0.2) is 33.6 Å². The average Bonchev–Trinajstić information content (AvgIpc) is 3.16. The zero-order valence-corrected chi connectivity index (χ0v) is 23.8. The third-order valence-electron chi connectivity index (χ3n) is 6.25. The minimum atomic E-state index is -0.153. The lowest BCUT2D eigenvalue weighted by atomic mass is 10.0. The van der Waals surface area contributed by atoms with Gasteiger partial charge in [0, 0.05) is 63.8 Å². The molecule has 4 aromatic rings. The van der Waals surface area contributed by atoms with E-state index in [0.29, 0.717) is 11.7 Å². The number of nitrogens with zero attached hydrogens (tertiary/aromatic N) is 3. The summed E-state index contributed by atoms with van der Waals surface area (Å²) in [4.78, 5) is 19.8. The number of benzene rings is 2. The van der Waals surface area contributed by atoms with Crippen LogP contribution in [0.5, 0.6) is 0 Å². The Bertz CT molecular complexity index is 1470. The molecule has 36 heavy (non-hydrogen) atoms. The fourth-order valence-corrected chi connectivity index (χ4v) is 5.51. The Kier molecular flexibility index (Phi) is 7.84. The SMILES string of the molecule is O=C(NCc1ccnc(Cl)c1)n1c2c(c3cc(Br)c(Br)cc31)CN(CC=Cc1ccc(Cl)cc1)CC2. The number of hydrogen-bond acceptors (Lipinski definition) is 3. The highest BCUT2D eigenvalue weighted by Crippen LogP contribution is 2.36. The van der Waals surface area contributed by atoms with Crippen LogP contribution in [0.3, 0.4) is 0 Å². The average molecular weight is 649 g/mol. The lowest BCUT2D eigenvalue weighted by Crippen LogP contribution is -2.34. The first kappa shape index (κ1) is 25.5. The van der Waals surface area contributed by atoms with E-state index in [0.717, 1.165) is 67.7 Å². The molecule has 0 saturated heterocycles. The Hall–Kier alpha value is -2.16. The van der Waals surface area contributed by atoms with E-state index in [1.807, 2.05) is 41.0 Å². The standard InChI is InChI=1S/C27H22Br2Cl2N4O/c28-22-13-20-21-16-34(10-1-2-17-3-5-19(30)6-4-17)11-8-24(21)35(25(20)14-23(22)29)27(36)33-15-18-7-9-32-26(31)12-18/h1-7,9,12-14H,8,10-11,15-16H2,(H,33,36). The van der Waals surface area contributed by atoms with Gasteiger partial charge < -0.3 is 5.32 Å². The molecule has 0 saturated carbocycles. The summed E-state index contributed by atoms with van der Waals surface area (Å²) in [5, 5.41) is 5.27. The highest BCUT2D eigenvalue weighted by atomic mass is 79.9. The first-order valence-corrected chi connectivity index (χ1v) is 13.8. The summed E-state index contributed by atoms with van der Waals surface area (Å²) in [6.45, 7) is 2.82. The van der Waals surface area contributed by atoms with Crippen LogP contribution in [0.2, 0.25) is 10.2 Å². The number of hydrogen-bond donors (Lipinski definition) is 1. The fraction of sp³-hybridized carbons (Fsp3) is 0.185. The minimum absolute atomic E-state index is 0.153. The third-order valence-corrected chi connectivity index (χ3v) is 8.55. The van der Waals surface area contributed by atoms with Gasteiger partial charge in [0.05, 0.1) is 5.52 Å². The molecule has 1 aliphatic rings. The van der Waals surface area contributed by atoms with E-state index in [9.17, 15) is 4.79 Å². The molecule has 0 aliphatic carbocycles. The van der Waals surface area contributed by atoms with Crippen molar-refractivity contribution in [3.63, 3.8) is 0 Å². The number of pyridine rings is 1. The van der Waals surface area contributed by atoms with Gasteiger partial charge in [0.25, 0.3) is 0 Å². The Morgan fingerprint density at radius 3 is 2.64 bits per heavy atom. The van der Waals surface area contributed by atoms with Crippen LogP contribution < -0.4 is 5.32 Å². The van der Waals surface area contributed by atoms with Crippen LogP contribution in [0.25, 0.3) is 17.0 Å². The van der Waals surface area contributed by atoms with E-state index in [1.54, 1.807) is 12.3 Å². The van der Waals surface area contributed by atoms with E-state index < -0.39 is 0 Å². The number of halogens is 4. The molecule has 5 nitrogen and oxygen atoms in total. The largest absolute Gasteiger partial charge is 0.333 e. The van der Waals surface area contributed by atoms with Crippen molar-refractivity contribution in [2.24, 2.45) is 0 Å². The van der Waals surface area contributed by atoms with Crippen LogP contribution in [0.1, 0.15) is 22.4 Å². The van der Waals surface area contributed by atoms with Crippen LogP contribution in [0.15, 0.2) is 69.7 Å². The molecule has 0 fully saturated rings. The molecular weight excluding hydrogens is 627 g/mol. The van der Waals surface area contributed by atoms with Gasteiger partial charge in [0.1, 0.15) is 5.15 Å². The molecule has 0 atom stereocenters. The predicted molar refractivity (Wildman–Crippen MR) is 154 cm³/mol. The molecule has 0 unspecified atom stereocenters. The Morgan fingerprint density at radius 1 is 1.08 bits per heavy atom. The van der Waals surface area contributed by atoms with Crippen molar-refractivity contribution in [1.82, 2.24) is 19.8 Å². The summed E-state index contributed by atoms with van der Waals surface area (Å²) < 4.78 is 3.69. The van der Waals surface area contributed by atoms with Crippen molar-refractivity contribution in [1.29, 1.82) is 0 Å². The maximum Gasteiger partial charge on any atom is 0.326 e. The molecule has 3 heterocycles. The quantitative estimate of drug-likeness (QED) is 0.226. The summed E-state index contributed by atoms with van der Waals surface area (Å²) in [6.07, 6.45) is 6.71. The zero-order chi connectivity index (χ0) is 25.2. The van der Waals surface area contributed by atoms with Crippen molar-refractivity contribution >= 4 is 78.1 Å². The molecule has 1 amide bonds. The Labute approximate surface area is 236 Å². The van der Waals surface area contributed by atoms with E-state index in [4.69, 9.17) is 23.2 Å². The predicted octanol–water partition coefficient (Wildman–Crippen LogP) is 7.70. The number of aromatic nitrogens is 2. The molecule has 0 radical (unpaired) electrons. The number of carbonyl (C=O) groups is 1. The van der Waals surface area contributed by atoms with Gasteiger partial charge in [0.2, 0.25) is 0 Å². The van der Waals surface area contributed by atoms with E-state index in [1.165, 1.54) is 5.56 Å². The maximum absolute atomic E-state index is 13.4. The number of fused-ring (bicyclic) bond motifs is 3. The highest BCUT2D eigenvalue weighted by Gasteiger charge is 2.27. The minimum Gasteiger partial charge on any atom is -0.333 e. The van der Waals surface area contributed by atoms with Gasteiger partial charge in [0.15, 0.2) is 0 Å². The molecule has 2 aromatic carbocycles. The van der Waals surface area contributed by atoms with Gasteiger partial charge in [-0.1, -0.05) is 47.5 Å². The molecular formula is C27H22Br2Cl2N4O. The monoisotopic (exact) mass is 646 g/mol. The summed E-state index contributed by atoms with van der Waals surface area (Å²) in [5.41, 5.74) is 5.15. The molecule has 2 aromatic heterocycles. The van der Waals surface area contributed by atoms with Gasteiger partial charge in [-0.3, -0.25) is 9.47 Å². The molecule has 1 aliphatic heterocycles. The smallest absolute Gasteiger partial charge is 0.326 e. The van der Waals surface area contributed by atoms with E-state index in [2.05, 4.69) is 65.3 Å². The second kappa shape index (κ2) is 11.1. The van der Waals surface area contributed by atoms with Crippen LogP contribution >= 0.6 is 55.1 Å². The van der Waals surface area contributed by atoms with Crippen molar-refractivity contribution in [2.45, 2.75) is 19.5 Å². The zero-order valence-electron chi connectivity index (χ0n) is 19.1. The van der Waals surface area contributed by atoms with Gasteiger partial charge in [-0.15, -0.1) is 0 Å². The first-order valence-electron chi connectivity index (χ1n) is 11.4. The molecule has 5 rings (SSSR count). The number of nitrogens with one attached hydrogen (secondary N) is 1. The van der Waals surface area contributed by atoms with Crippen molar-refractivity contribution in [3.8, 4) is 0 Å². The van der Waals surface area contributed by atoms with Crippen molar-refractivity contribution in [3.05, 3.63) is 102 Å². The summed E-state index contributed by atoms with van der Waals surface area (Å²) in [5.74, 6) is 0. The topological polar surface area (TPSA) is 50.2 Å². The van der Waals surface area contributed by atoms with Gasteiger partial charge in [-0.25, -0.2) is 9.78 Å². The summed E-state index contributed by atoms with van der Waals surface area (Å²) in [6, 6.07) is 15.4. The molecule has 0 spiro atoms. The fourth-order valence-electron chi connectivity index (χ4n) is 4.51. The van der Waals surface area contributed by atoms with Gasteiger partial charge >= 0.3 is 6.03 Å². The maximum atomic E-state index is 13.4. The second-order valence-electron chi connectivity index (χ2n) is 8.63. The van der Waals surface area contributed by atoms with E-state index in [-0.39, 0.29) is 6.03 Å². The molecule has 9 heteroatoms. The first-order chi connectivity index (χ1) is 17.4. The van der Waals surface area contributed by atoms with Gasteiger partial charge in [-0.05, 0) is 84.9 Å². The number of amides is 1. The highest BCUT2D eigenvalue weighted by molar-refractivity contribution is 9.13. The van der Waals surface area contributed by atoms with E-state index >= 15 is 0 Å². The lowest BCUT2D eigenvalue weighted by Gasteiger charge is -2.27. The van der Waals surface area contributed by atoms with Crippen LogP contribution in [-0.2, 0) is 19.5 Å². The van der Waals surface area contributed by atoms with Crippen molar-refractivity contribution in [2.75, 3.05) is 13.1 Å². The van der Waals surface area contributed by atoms with Crippen LogP contribution in [0.4, 0.5) is 4.79 Å². The number of carbonyl (C=O) groups excluding carboxylic acids is 1. The number of rotatable bonds is 5. The lowest BCUT2D eigenvalue weighted by molar-refractivity contribution is 0.240. The summed E-state index contributed by atoms with van der Waals surface area (Å²) in [7, 11) is 0. The van der Waals surface area contributed by atoms with Crippen molar-refractivity contribution < 1.29 is 4.79 Å². The second-order valence-corrected chi connectivity index (χ2v) is 11.2. The van der Waals surface area contributed by atoms with Crippen LogP contribution in [0, 0.1) is 0 Å². The Balaban J connectivity index is 1.40. The Morgan fingerprint density at radius 2 is 1.86 bits per heavy atom.